The van der Waals surface area contributed by atoms with E-state index >= 15 is 0 Å². The molecule has 0 amide bonds. The molecule has 2 rings (SSSR count). The number of hydrogen-bond donors (Lipinski definition) is 1. The molecule has 0 heterocycles. The van der Waals surface area contributed by atoms with Gasteiger partial charge in [0, 0.05) is 6.42 Å². The Hall–Kier alpha value is -2.65. The fourth-order valence-corrected chi connectivity index (χ4v) is 3.95. The minimum Gasteiger partial charge on any atom is -0.467 e. The molecule has 0 saturated heterocycles. The van der Waals surface area contributed by atoms with Crippen molar-refractivity contribution in [2.45, 2.75) is 23.0 Å². The van der Waals surface area contributed by atoms with E-state index in [4.69, 9.17) is 0 Å². The van der Waals surface area contributed by atoms with Gasteiger partial charge in [0.2, 0.25) is 15.6 Å². The highest BCUT2D eigenvalue weighted by atomic mass is 32.2. The number of methoxy groups -OCH3 is 1. The molecule has 9 heteroatoms. The number of alkyl halides is 3. The van der Waals surface area contributed by atoms with Gasteiger partial charge >= 0.3 is 12.1 Å². The molecule has 28 heavy (non-hydrogen) atoms. The third-order valence-corrected chi connectivity index (χ3v) is 5.55. The summed E-state index contributed by atoms with van der Waals surface area (Å²) in [5.74, 6) is -1.78. The van der Waals surface area contributed by atoms with E-state index in [1.807, 2.05) is 0 Å². The van der Waals surface area contributed by atoms with Gasteiger partial charge in [-0.15, -0.1) is 0 Å². The van der Waals surface area contributed by atoms with Crippen molar-refractivity contribution in [3.8, 4) is 0 Å². The lowest BCUT2D eigenvalue weighted by molar-refractivity contribution is -0.206. The quantitative estimate of drug-likeness (QED) is 0.705. The molecule has 0 aliphatic heterocycles. The largest absolute Gasteiger partial charge is 0.467 e. The summed E-state index contributed by atoms with van der Waals surface area (Å²) in [4.78, 5) is 11.8. The molecule has 0 unspecified atom stereocenters. The van der Waals surface area contributed by atoms with Gasteiger partial charge in [0.1, 0.15) is 0 Å². The Labute approximate surface area is 160 Å². The zero-order valence-electron chi connectivity index (χ0n) is 14.9. The summed E-state index contributed by atoms with van der Waals surface area (Å²) in [5.41, 5.74) is -3.29. The fraction of sp³-hybridized carbons (Fsp3) is 0.211. The Morgan fingerprint density at radius 1 is 1.04 bits per heavy atom. The molecule has 0 bridgehead atoms. The second-order valence-electron chi connectivity index (χ2n) is 5.96. The van der Waals surface area contributed by atoms with Crippen molar-refractivity contribution >= 4 is 21.6 Å². The normalized spacial score (nSPS) is 14.1. The second-order valence-corrected chi connectivity index (χ2v) is 7.64. The molecule has 0 aromatic heterocycles. The maximum Gasteiger partial charge on any atom is 0.418 e. The Balaban J connectivity index is 2.55. The SMILES string of the molecule is C=C(C[C@@](NS(=O)(=O)c1ccccc1)(C(=O)OC)C(F)(F)F)c1ccccc1. The second kappa shape index (κ2) is 8.15. The molecule has 2 aromatic rings. The summed E-state index contributed by atoms with van der Waals surface area (Å²) in [6.07, 6.45) is -6.35. The first-order valence-electron chi connectivity index (χ1n) is 8.01. The van der Waals surface area contributed by atoms with Crippen LogP contribution in [0.2, 0.25) is 0 Å². The number of sulfonamides is 1. The highest BCUT2D eigenvalue weighted by molar-refractivity contribution is 7.89. The minimum atomic E-state index is -5.29. The van der Waals surface area contributed by atoms with Crippen LogP contribution in [0.5, 0.6) is 0 Å². The van der Waals surface area contributed by atoms with E-state index in [0.29, 0.717) is 5.56 Å². The van der Waals surface area contributed by atoms with Gasteiger partial charge in [-0.1, -0.05) is 55.1 Å². The Morgan fingerprint density at radius 2 is 1.54 bits per heavy atom. The first kappa shape index (κ1) is 21.6. The van der Waals surface area contributed by atoms with E-state index in [2.05, 4.69) is 11.3 Å². The van der Waals surface area contributed by atoms with Gasteiger partial charge in [-0.05, 0) is 23.3 Å². The van der Waals surface area contributed by atoms with Gasteiger partial charge in [0.05, 0.1) is 12.0 Å². The first-order chi connectivity index (χ1) is 13.0. The van der Waals surface area contributed by atoms with Crippen LogP contribution in [-0.4, -0.2) is 33.2 Å². The lowest BCUT2D eigenvalue weighted by atomic mass is 9.88. The number of esters is 1. The number of halogens is 3. The van der Waals surface area contributed by atoms with Crippen molar-refractivity contribution in [3.63, 3.8) is 0 Å². The molecule has 0 radical (unpaired) electrons. The monoisotopic (exact) mass is 413 g/mol. The van der Waals surface area contributed by atoms with Crippen LogP contribution in [0.15, 0.2) is 72.1 Å². The molecule has 150 valence electrons. The van der Waals surface area contributed by atoms with E-state index in [1.165, 1.54) is 35.1 Å². The van der Waals surface area contributed by atoms with Crippen molar-refractivity contribution in [1.82, 2.24) is 4.72 Å². The first-order valence-corrected chi connectivity index (χ1v) is 9.49. The topological polar surface area (TPSA) is 72.5 Å². The number of carbonyl (C=O) groups is 1. The smallest absolute Gasteiger partial charge is 0.418 e. The van der Waals surface area contributed by atoms with E-state index in [9.17, 15) is 26.4 Å². The third-order valence-electron chi connectivity index (χ3n) is 4.04. The standard InChI is InChI=1S/C19H18F3NO4S/c1-14(15-9-5-3-6-10-15)13-18(17(24)27-2,19(20,21)22)23-28(25,26)16-11-7-4-8-12-16/h3-12,23H,1,13H2,2H3/t18-/m1/s1. The van der Waals surface area contributed by atoms with E-state index in [1.54, 1.807) is 18.2 Å². The predicted molar refractivity (Wildman–Crippen MR) is 97.7 cm³/mol. The van der Waals surface area contributed by atoms with Crippen LogP contribution in [0.25, 0.3) is 5.57 Å². The average Bonchev–Trinajstić information content (AvgIpc) is 2.67. The Morgan fingerprint density at radius 3 is 2.00 bits per heavy atom. The van der Waals surface area contributed by atoms with Gasteiger partial charge < -0.3 is 4.74 Å². The van der Waals surface area contributed by atoms with Crippen molar-refractivity contribution in [2.24, 2.45) is 0 Å². The molecule has 5 nitrogen and oxygen atoms in total. The zero-order valence-corrected chi connectivity index (χ0v) is 15.7. The number of carbonyl (C=O) groups excluding carboxylic acids is 1. The fourth-order valence-electron chi connectivity index (χ4n) is 2.58. The van der Waals surface area contributed by atoms with Crippen LogP contribution in [0, 0.1) is 0 Å². The highest BCUT2D eigenvalue weighted by Gasteiger charge is 2.63. The van der Waals surface area contributed by atoms with E-state index in [0.717, 1.165) is 19.2 Å². The Bertz CT molecular complexity index is 944. The van der Waals surface area contributed by atoms with Gasteiger partial charge in [-0.3, -0.25) is 0 Å². The molecule has 1 atom stereocenters. The van der Waals surface area contributed by atoms with Gasteiger partial charge in [0.15, 0.2) is 0 Å². The molecule has 0 aliphatic rings. The number of rotatable bonds is 7. The molecule has 0 saturated carbocycles. The van der Waals surface area contributed by atoms with Crippen molar-refractivity contribution < 1.29 is 31.1 Å². The Kier molecular flexibility index (Phi) is 6.30. The number of hydrogen-bond acceptors (Lipinski definition) is 4. The molecule has 0 spiro atoms. The van der Waals surface area contributed by atoms with Gasteiger partial charge in [-0.2, -0.15) is 17.9 Å². The lowest BCUT2D eigenvalue weighted by Crippen LogP contribution is -2.64. The number of benzene rings is 2. The predicted octanol–water partition coefficient (Wildman–Crippen LogP) is 3.54. The minimum absolute atomic E-state index is 0.0842. The van der Waals surface area contributed by atoms with E-state index in [-0.39, 0.29) is 5.57 Å². The summed E-state index contributed by atoms with van der Waals surface area (Å²) < 4.78 is 73.2. The van der Waals surface area contributed by atoms with Crippen molar-refractivity contribution in [2.75, 3.05) is 7.11 Å². The van der Waals surface area contributed by atoms with Crippen LogP contribution in [-0.2, 0) is 19.6 Å². The van der Waals surface area contributed by atoms with Crippen LogP contribution >= 0.6 is 0 Å². The van der Waals surface area contributed by atoms with Crippen LogP contribution in [0.3, 0.4) is 0 Å². The number of ether oxygens (including phenoxy) is 1. The highest BCUT2D eigenvalue weighted by Crippen LogP contribution is 2.39. The van der Waals surface area contributed by atoms with Gasteiger partial charge in [-0.25, -0.2) is 13.2 Å². The van der Waals surface area contributed by atoms with E-state index < -0.39 is 39.0 Å². The zero-order chi connectivity index (χ0) is 21.0. The molecule has 2 aromatic carbocycles. The molecule has 0 aliphatic carbocycles. The summed E-state index contributed by atoms with van der Waals surface area (Å²) >= 11 is 0. The maximum atomic E-state index is 14.1. The molecular formula is C19H18F3NO4S. The molecule has 1 N–H and O–H groups in total. The maximum absolute atomic E-state index is 14.1. The molecular weight excluding hydrogens is 395 g/mol. The van der Waals surface area contributed by atoms with Crippen molar-refractivity contribution in [3.05, 3.63) is 72.8 Å². The summed E-state index contributed by atoms with van der Waals surface area (Å²) in [5, 5.41) is 0. The summed E-state index contributed by atoms with van der Waals surface area (Å²) in [6, 6.07) is 14.3. The lowest BCUT2D eigenvalue weighted by Gasteiger charge is -2.34. The van der Waals surface area contributed by atoms with Gasteiger partial charge in [0.25, 0.3) is 0 Å². The average molecular weight is 413 g/mol. The summed E-state index contributed by atoms with van der Waals surface area (Å²) in [7, 11) is -3.94. The van der Waals surface area contributed by atoms with Crippen LogP contribution < -0.4 is 4.72 Å². The van der Waals surface area contributed by atoms with Crippen LogP contribution in [0.1, 0.15) is 12.0 Å². The summed E-state index contributed by atoms with van der Waals surface area (Å²) in [6.45, 7) is 3.60. The number of nitrogens with one attached hydrogen (secondary N) is 1. The van der Waals surface area contributed by atoms with Crippen LogP contribution in [0.4, 0.5) is 13.2 Å². The third kappa shape index (κ3) is 4.42. The van der Waals surface area contributed by atoms with Crippen molar-refractivity contribution in [1.29, 1.82) is 0 Å². The molecule has 0 fully saturated rings.